The number of anilines is 1. The van der Waals surface area contributed by atoms with Crippen LogP contribution in [-0.4, -0.2) is 32.0 Å². The van der Waals surface area contributed by atoms with Crippen molar-refractivity contribution in [3.63, 3.8) is 0 Å². The SMILES string of the molecule is [2H]C([2H])(Oc1c(F)cc(F)cc1CNC(=O)c1cc(-c2ccn3nc(N)nc3c2)c(C)nc1C)C1CC1. The molecule has 0 atom stereocenters. The molecule has 5 rings (SSSR count). The zero-order valence-electron chi connectivity index (χ0n) is 21.1. The van der Waals surface area contributed by atoms with Gasteiger partial charge in [0.2, 0.25) is 5.95 Å². The van der Waals surface area contributed by atoms with Crippen LogP contribution in [0.3, 0.4) is 0 Å². The van der Waals surface area contributed by atoms with Crippen LogP contribution >= 0.6 is 0 Å². The maximum absolute atomic E-state index is 14.6. The van der Waals surface area contributed by atoms with E-state index in [0.29, 0.717) is 41.5 Å². The summed E-state index contributed by atoms with van der Waals surface area (Å²) in [7, 11) is 0. The van der Waals surface area contributed by atoms with Gasteiger partial charge in [0.15, 0.2) is 17.2 Å². The number of benzene rings is 1. The van der Waals surface area contributed by atoms with Crippen LogP contribution in [0, 0.1) is 31.4 Å². The van der Waals surface area contributed by atoms with Crippen molar-refractivity contribution in [2.75, 3.05) is 12.3 Å². The molecule has 8 nitrogen and oxygen atoms in total. The van der Waals surface area contributed by atoms with E-state index in [0.717, 1.165) is 11.6 Å². The van der Waals surface area contributed by atoms with Crippen molar-refractivity contribution >= 4 is 17.5 Å². The quantitative estimate of drug-likeness (QED) is 0.414. The fraction of sp³-hybridized carbons (Fsp3) is 0.280. The number of fused-ring (bicyclic) bond motifs is 1. The minimum atomic E-state index is -2.10. The van der Waals surface area contributed by atoms with Gasteiger partial charge in [-0.25, -0.2) is 13.3 Å². The predicted octanol–water partition coefficient (Wildman–Crippen LogP) is 3.99. The molecular formula is C25H24F2N6O2. The molecule has 0 saturated heterocycles. The summed E-state index contributed by atoms with van der Waals surface area (Å²) in [6.45, 7) is 1.13. The summed E-state index contributed by atoms with van der Waals surface area (Å²) in [6.07, 6.45) is 2.95. The van der Waals surface area contributed by atoms with E-state index in [2.05, 4.69) is 20.4 Å². The highest BCUT2D eigenvalue weighted by molar-refractivity contribution is 5.96. The molecule has 1 aliphatic carbocycles. The molecule has 180 valence electrons. The summed E-state index contributed by atoms with van der Waals surface area (Å²) in [4.78, 5) is 21.8. The fourth-order valence-corrected chi connectivity index (χ4v) is 3.79. The van der Waals surface area contributed by atoms with Gasteiger partial charge in [-0.15, -0.1) is 5.10 Å². The molecule has 1 amide bonds. The van der Waals surface area contributed by atoms with Gasteiger partial charge in [0, 0.05) is 35.6 Å². The highest BCUT2D eigenvalue weighted by atomic mass is 19.1. The summed E-state index contributed by atoms with van der Waals surface area (Å²) >= 11 is 0. The van der Waals surface area contributed by atoms with Gasteiger partial charge < -0.3 is 15.8 Å². The van der Waals surface area contributed by atoms with Gasteiger partial charge in [0.25, 0.3) is 5.91 Å². The number of nitrogens with zero attached hydrogens (tertiary/aromatic N) is 4. The number of nitrogens with two attached hydrogens (primary N) is 1. The Labute approximate surface area is 203 Å². The van der Waals surface area contributed by atoms with Crippen molar-refractivity contribution in [1.29, 1.82) is 0 Å². The third kappa shape index (κ3) is 4.77. The largest absolute Gasteiger partial charge is 0.490 e. The van der Waals surface area contributed by atoms with Crippen molar-refractivity contribution in [1.82, 2.24) is 24.9 Å². The minimum Gasteiger partial charge on any atom is -0.490 e. The summed E-state index contributed by atoms with van der Waals surface area (Å²) in [6, 6.07) is 6.91. The molecule has 3 heterocycles. The molecule has 3 N–H and O–H groups in total. The first kappa shape index (κ1) is 20.3. The molecule has 1 aliphatic rings. The van der Waals surface area contributed by atoms with E-state index in [9.17, 15) is 13.6 Å². The highest BCUT2D eigenvalue weighted by Gasteiger charge is 2.24. The molecule has 1 fully saturated rings. The molecule has 1 saturated carbocycles. The highest BCUT2D eigenvalue weighted by Crippen LogP contribution is 2.32. The lowest BCUT2D eigenvalue weighted by atomic mass is 10.0. The number of rotatable bonds is 7. The lowest BCUT2D eigenvalue weighted by Gasteiger charge is -2.15. The van der Waals surface area contributed by atoms with Gasteiger partial charge in [-0.05, 0) is 62.4 Å². The summed E-state index contributed by atoms with van der Waals surface area (Å²) in [5, 5.41) is 6.71. The monoisotopic (exact) mass is 480 g/mol. The maximum Gasteiger partial charge on any atom is 0.253 e. The lowest BCUT2D eigenvalue weighted by molar-refractivity contribution is 0.0949. The van der Waals surface area contributed by atoms with Crippen LogP contribution < -0.4 is 15.8 Å². The molecule has 35 heavy (non-hydrogen) atoms. The predicted molar refractivity (Wildman–Crippen MR) is 126 cm³/mol. The smallest absolute Gasteiger partial charge is 0.253 e. The molecule has 1 aromatic carbocycles. The Balaban J connectivity index is 1.41. The molecule has 0 aliphatic heterocycles. The zero-order chi connectivity index (χ0) is 26.5. The van der Waals surface area contributed by atoms with Crippen LogP contribution in [0.15, 0.2) is 36.5 Å². The van der Waals surface area contributed by atoms with Crippen LogP contribution in [0.5, 0.6) is 5.75 Å². The standard InChI is InChI=1S/C25H24F2N6O2/c1-13-19(16-5-6-33-22(8-16)31-25(28)32-33)10-20(14(2)30-13)24(34)29-11-17-7-18(26)9-21(27)23(17)35-12-15-3-4-15/h5-10,15H,3-4,11-12H2,1-2H3,(H2,28,32)(H,29,34)/i12D2. The number of aryl methyl sites for hydroxylation is 2. The Morgan fingerprint density at radius 3 is 2.80 bits per heavy atom. The van der Waals surface area contributed by atoms with Crippen molar-refractivity contribution in [2.24, 2.45) is 5.92 Å². The molecular weight excluding hydrogens is 454 g/mol. The van der Waals surface area contributed by atoms with E-state index in [1.54, 1.807) is 31.3 Å². The number of halogens is 2. The topological polar surface area (TPSA) is 107 Å². The summed E-state index contributed by atoms with van der Waals surface area (Å²) in [5.41, 5.74) is 9.07. The number of nitrogen functional groups attached to an aromatic ring is 1. The first-order valence-corrected chi connectivity index (χ1v) is 11.1. The average Bonchev–Trinajstić information content (AvgIpc) is 3.61. The third-order valence-electron chi connectivity index (χ3n) is 5.74. The first-order valence-electron chi connectivity index (χ1n) is 12.1. The van der Waals surface area contributed by atoms with Crippen LogP contribution in [0.1, 0.15) is 42.9 Å². The summed E-state index contributed by atoms with van der Waals surface area (Å²) in [5.74, 6) is -3.04. The number of hydrogen-bond donors (Lipinski definition) is 2. The summed E-state index contributed by atoms with van der Waals surface area (Å²) < 4.78 is 51.5. The first-order chi connectivity index (χ1) is 17.5. The molecule has 10 heteroatoms. The van der Waals surface area contributed by atoms with Crippen LogP contribution in [0.4, 0.5) is 14.7 Å². The number of pyridine rings is 2. The van der Waals surface area contributed by atoms with Gasteiger partial charge in [0.05, 0.1) is 20.6 Å². The second kappa shape index (κ2) is 8.94. The number of nitrogens with one attached hydrogen (secondary N) is 1. The minimum absolute atomic E-state index is 0.0110. The van der Waals surface area contributed by atoms with Crippen LogP contribution in [0.2, 0.25) is 0 Å². The maximum atomic E-state index is 14.6. The third-order valence-corrected chi connectivity index (χ3v) is 5.74. The second-order valence-electron chi connectivity index (χ2n) is 8.50. The van der Waals surface area contributed by atoms with E-state index in [4.69, 9.17) is 13.2 Å². The number of ether oxygens (including phenoxy) is 1. The fourth-order valence-electron chi connectivity index (χ4n) is 3.79. The van der Waals surface area contributed by atoms with Crippen molar-refractivity contribution in [2.45, 2.75) is 33.2 Å². The van der Waals surface area contributed by atoms with Gasteiger partial charge >= 0.3 is 0 Å². The van der Waals surface area contributed by atoms with E-state index < -0.39 is 29.9 Å². The van der Waals surface area contributed by atoms with E-state index in [-0.39, 0.29) is 29.5 Å². The van der Waals surface area contributed by atoms with Gasteiger partial charge in [-0.3, -0.25) is 9.78 Å². The average molecular weight is 481 g/mol. The van der Waals surface area contributed by atoms with Gasteiger partial charge in [-0.1, -0.05) is 0 Å². The lowest BCUT2D eigenvalue weighted by Crippen LogP contribution is -2.25. The molecule has 0 radical (unpaired) electrons. The van der Waals surface area contributed by atoms with Crippen LogP contribution in [-0.2, 0) is 6.54 Å². The Hall–Kier alpha value is -4.08. The normalized spacial score (nSPS) is 14.5. The Morgan fingerprint density at radius 2 is 2.03 bits per heavy atom. The Kier molecular flexibility index (Phi) is 5.18. The number of carbonyl (C=O) groups excluding carboxylic acids is 1. The number of aromatic nitrogens is 4. The number of amides is 1. The molecule has 3 aromatic heterocycles. The van der Waals surface area contributed by atoms with E-state index in [1.807, 2.05) is 6.92 Å². The van der Waals surface area contributed by atoms with Crippen molar-refractivity contribution in [3.8, 4) is 16.9 Å². The molecule has 0 bridgehead atoms. The van der Waals surface area contributed by atoms with Gasteiger partial charge in [0.1, 0.15) is 5.82 Å². The number of hydrogen-bond acceptors (Lipinski definition) is 6. The van der Waals surface area contributed by atoms with Crippen LogP contribution in [0.25, 0.3) is 16.8 Å². The van der Waals surface area contributed by atoms with E-state index in [1.165, 1.54) is 4.52 Å². The second-order valence-corrected chi connectivity index (χ2v) is 8.50. The van der Waals surface area contributed by atoms with Crippen molar-refractivity contribution in [3.05, 3.63) is 70.7 Å². The van der Waals surface area contributed by atoms with Gasteiger partial charge in [-0.2, -0.15) is 4.98 Å². The zero-order valence-corrected chi connectivity index (χ0v) is 19.1. The van der Waals surface area contributed by atoms with E-state index >= 15 is 0 Å². The molecule has 0 unspecified atom stereocenters. The number of carbonyl (C=O) groups is 1. The Morgan fingerprint density at radius 1 is 1.23 bits per heavy atom. The van der Waals surface area contributed by atoms with Crippen molar-refractivity contribution < 1.29 is 21.1 Å². The molecule has 4 aromatic rings. The molecule has 0 spiro atoms. The Bertz CT molecular complexity index is 1540.